The Kier molecular flexibility index (Phi) is 7.37. The molecule has 9 heteroatoms. The summed E-state index contributed by atoms with van der Waals surface area (Å²) in [7, 11) is 0. The van der Waals surface area contributed by atoms with Crippen molar-refractivity contribution in [3.05, 3.63) is 71.5 Å². The first kappa shape index (κ1) is 22.9. The second-order valence-corrected chi connectivity index (χ2v) is 7.74. The van der Waals surface area contributed by atoms with Crippen LogP contribution in [0.5, 0.6) is 0 Å². The molecular formula is C22H23F3N4OS. The van der Waals surface area contributed by atoms with Crippen LogP contribution in [-0.4, -0.2) is 44.4 Å². The van der Waals surface area contributed by atoms with Crippen LogP contribution in [0.3, 0.4) is 0 Å². The number of alkyl halides is 3. The van der Waals surface area contributed by atoms with E-state index in [4.69, 9.17) is 0 Å². The summed E-state index contributed by atoms with van der Waals surface area (Å²) in [6.07, 6.45) is -4.07. The maximum atomic E-state index is 13.3. The van der Waals surface area contributed by atoms with Crippen molar-refractivity contribution in [3.8, 4) is 5.69 Å². The number of amides is 1. The van der Waals surface area contributed by atoms with Crippen molar-refractivity contribution in [2.75, 3.05) is 18.8 Å². The zero-order valence-corrected chi connectivity index (χ0v) is 18.1. The monoisotopic (exact) mass is 448 g/mol. The Morgan fingerprint density at radius 3 is 2.39 bits per heavy atom. The molecule has 0 spiro atoms. The van der Waals surface area contributed by atoms with Gasteiger partial charge < -0.3 is 4.90 Å². The van der Waals surface area contributed by atoms with E-state index < -0.39 is 11.7 Å². The van der Waals surface area contributed by atoms with Crippen LogP contribution >= 0.6 is 11.8 Å². The average molecular weight is 449 g/mol. The van der Waals surface area contributed by atoms with Gasteiger partial charge in [0.25, 0.3) is 0 Å². The Balaban J connectivity index is 1.97. The second kappa shape index (κ2) is 10.00. The zero-order chi connectivity index (χ0) is 22.4. The summed E-state index contributed by atoms with van der Waals surface area (Å²) in [6.45, 7) is 4.98. The Morgan fingerprint density at radius 1 is 1.03 bits per heavy atom. The van der Waals surface area contributed by atoms with E-state index in [-0.39, 0.29) is 11.7 Å². The number of carbonyl (C=O) groups excluding carboxylic acids is 1. The minimum atomic E-state index is -4.46. The van der Waals surface area contributed by atoms with Crippen molar-refractivity contribution in [2.24, 2.45) is 0 Å². The van der Waals surface area contributed by atoms with Crippen LogP contribution in [0.4, 0.5) is 13.2 Å². The summed E-state index contributed by atoms with van der Waals surface area (Å²) < 4.78 is 41.4. The van der Waals surface area contributed by atoms with Gasteiger partial charge in [0.15, 0.2) is 5.16 Å². The molecule has 3 rings (SSSR count). The van der Waals surface area contributed by atoms with E-state index in [9.17, 15) is 18.0 Å². The summed E-state index contributed by atoms with van der Waals surface area (Å²) in [4.78, 5) is 14.1. The fraction of sp³-hybridized carbons (Fsp3) is 0.318. The highest BCUT2D eigenvalue weighted by Gasteiger charge is 2.31. The smallest absolute Gasteiger partial charge is 0.343 e. The highest BCUT2D eigenvalue weighted by Crippen LogP contribution is 2.32. The van der Waals surface area contributed by atoms with Crippen molar-refractivity contribution < 1.29 is 18.0 Å². The average Bonchev–Trinajstić information content (AvgIpc) is 3.15. The molecule has 1 heterocycles. The van der Waals surface area contributed by atoms with E-state index in [2.05, 4.69) is 10.2 Å². The molecular weight excluding hydrogens is 425 g/mol. The van der Waals surface area contributed by atoms with Crippen molar-refractivity contribution in [1.82, 2.24) is 19.7 Å². The Hall–Kier alpha value is -2.81. The molecule has 3 aromatic rings. The van der Waals surface area contributed by atoms with Crippen LogP contribution in [0.1, 0.15) is 30.8 Å². The van der Waals surface area contributed by atoms with Gasteiger partial charge in [-0.3, -0.25) is 9.36 Å². The summed E-state index contributed by atoms with van der Waals surface area (Å²) in [5.41, 5.74) is 0.516. The van der Waals surface area contributed by atoms with Crippen molar-refractivity contribution in [2.45, 2.75) is 31.6 Å². The second-order valence-electron chi connectivity index (χ2n) is 6.80. The van der Waals surface area contributed by atoms with Crippen LogP contribution in [0, 0.1) is 0 Å². The zero-order valence-electron chi connectivity index (χ0n) is 17.3. The fourth-order valence-corrected chi connectivity index (χ4v) is 4.03. The molecule has 0 bridgehead atoms. The van der Waals surface area contributed by atoms with Gasteiger partial charge in [0.2, 0.25) is 5.91 Å². The van der Waals surface area contributed by atoms with E-state index in [1.54, 1.807) is 15.5 Å². The van der Waals surface area contributed by atoms with E-state index >= 15 is 0 Å². The molecule has 164 valence electrons. The summed E-state index contributed by atoms with van der Waals surface area (Å²) >= 11 is 1.17. The summed E-state index contributed by atoms with van der Waals surface area (Å²) in [5, 5.41) is 8.80. The van der Waals surface area contributed by atoms with Gasteiger partial charge in [-0.2, -0.15) is 13.2 Å². The van der Waals surface area contributed by atoms with Gasteiger partial charge in [-0.15, -0.1) is 10.2 Å². The summed E-state index contributed by atoms with van der Waals surface area (Å²) in [5.74, 6) is 0.575. The fourth-order valence-electron chi connectivity index (χ4n) is 3.16. The van der Waals surface area contributed by atoms with Crippen LogP contribution in [0.2, 0.25) is 0 Å². The third-order valence-electron chi connectivity index (χ3n) is 4.78. The summed E-state index contributed by atoms with van der Waals surface area (Å²) in [6, 6.07) is 14.6. The first-order valence-corrected chi connectivity index (χ1v) is 10.9. The molecule has 0 unspecified atom stereocenters. The van der Waals surface area contributed by atoms with Gasteiger partial charge in [0.1, 0.15) is 5.82 Å². The quantitative estimate of drug-likeness (QED) is 0.463. The Labute approximate surface area is 183 Å². The number of aromatic nitrogens is 3. The van der Waals surface area contributed by atoms with Gasteiger partial charge in [-0.1, -0.05) is 48.2 Å². The molecule has 5 nitrogen and oxygen atoms in total. The van der Waals surface area contributed by atoms with Gasteiger partial charge in [0, 0.05) is 19.5 Å². The maximum Gasteiger partial charge on any atom is 0.416 e. The minimum absolute atomic E-state index is 0.0572. The topological polar surface area (TPSA) is 51.0 Å². The number of carbonyl (C=O) groups is 1. The van der Waals surface area contributed by atoms with Gasteiger partial charge in [-0.05, 0) is 37.6 Å². The predicted octanol–water partition coefficient (Wildman–Crippen LogP) is 4.84. The SMILES string of the molecule is CCN(CC)C(=O)CSc1nnc(Cc2ccccc2)n1-c1cccc(C(F)(F)F)c1. The van der Waals surface area contributed by atoms with Crippen molar-refractivity contribution >= 4 is 17.7 Å². The van der Waals surface area contributed by atoms with Crippen LogP contribution in [-0.2, 0) is 17.4 Å². The lowest BCUT2D eigenvalue weighted by atomic mass is 10.1. The van der Waals surface area contributed by atoms with Crippen LogP contribution < -0.4 is 0 Å². The maximum absolute atomic E-state index is 13.3. The molecule has 0 aliphatic rings. The lowest BCUT2D eigenvalue weighted by molar-refractivity contribution is -0.137. The van der Waals surface area contributed by atoms with E-state index in [0.717, 1.165) is 17.7 Å². The Bertz CT molecular complexity index is 1020. The number of nitrogens with zero attached hydrogens (tertiary/aromatic N) is 4. The van der Waals surface area contributed by atoms with Gasteiger partial charge in [0.05, 0.1) is 17.0 Å². The normalized spacial score (nSPS) is 11.5. The third kappa shape index (κ3) is 5.66. The lowest BCUT2D eigenvalue weighted by Crippen LogP contribution is -2.31. The lowest BCUT2D eigenvalue weighted by Gasteiger charge is -2.18. The molecule has 0 radical (unpaired) electrons. The van der Waals surface area contributed by atoms with Crippen LogP contribution in [0.15, 0.2) is 59.8 Å². The molecule has 2 aromatic carbocycles. The standard InChI is InChI=1S/C22H23F3N4OS/c1-3-28(4-2)20(30)15-31-21-27-26-19(13-16-9-6-5-7-10-16)29(21)18-12-8-11-17(14-18)22(23,24)25/h5-12,14H,3-4,13,15H2,1-2H3. The van der Waals surface area contributed by atoms with Crippen molar-refractivity contribution in [3.63, 3.8) is 0 Å². The molecule has 0 aliphatic heterocycles. The largest absolute Gasteiger partial charge is 0.416 e. The molecule has 0 atom stereocenters. The van der Waals surface area contributed by atoms with E-state index in [1.807, 2.05) is 44.2 Å². The molecule has 0 N–H and O–H groups in total. The number of thioether (sulfide) groups is 1. The number of rotatable bonds is 8. The van der Waals surface area contributed by atoms with Gasteiger partial charge in [-0.25, -0.2) is 0 Å². The predicted molar refractivity (Wildman–Crippen MR) is 114 cm³/mol. The molecule has 1 aromatic heterocycles. The molecule has 31 heavy (non-hydrogen) atoms. The minimum Gasteiger partial charge on any atom is -0.343 e. The molecule has 1 amide bonds. The molecule has 0 saturated heterocycles. The first-order valence-electron chi connectivity index (χ1n) is 9.89. The molecule has 0 saturated carbocycles. The van der Waals surface area contributed by atoms with E-state index in [0.29, 0.717) is 36.2 Å². The van der Waals surface area contributed by atoms with E-state index in [1.165, 1.54) is 17.8 Å². The third-order valence-corrected chi connectivity index (χ3v) is 5.69. The molecule has 0 fully saturated rings. The number of hydrogen-bond donors (Lipinski definition) is 0. The van der Waals surface area contributed by atoms with Crippen molar-refractivity contribution in [1.29, 1.82) is 0 Å². The number of halogens is 3. The van der Waals surface area contributed by atoms with Gasteiger partial charge >= 0.3 is 6.18 Å². The first-order chi connectivity index (χ1) is 14.8. The highest BCUT2D eigenvalue weighted by molar-refractivity contribution is 7.99. The number of hydrogen-bond acceptors (Lipinski definition) is 4. The number of benzene rings is 2. The highest BCUT2D eigenvalue weighted by atomic mass is 32.2. The van der Waals surface area contributed by atoms with Crippen LogP contribution in [0.25, 0.3) is 5.69 Å². The molecule has 0 aliphatic carbocycles. The Morgan fingerprint density at radius 2 is 1.74 bits per heavy atom.